The molecule has 2 aromatic rings. The fourth-order valence-corrected chi connectivity index (χ4v) is 3.93. The molecule has 2 aliphatic rings. The molecule has 0 heterocycles. The molecule has 0 spiro atoms. The molecule has 0 N–H and O–H groups in total. The lowest BCUT2D eigenvalue weighted by Gasteiger charge is -2.05. The minimum absolute atomic E-state index is 0.119. The third-order valence-corrected chi connectivity index (χ3v) is 5.00. The molecule has 20 heavy (non-hydrogen) atoms. The molecule has 1 unspecified atom stereocenters. The van der Waals surface area contributed by atoms with Crippen LogP contribution in [0.3, 0.4) is 0 Å². The number of fused-ring (bicyclic) bond motifs is 1. The van der Waals surface area contributed by atoms with Gasteiger partial charge in [-0.25, -0.2) is 0 Å². The van der Waals surface area contributed by atoms with Crippen LogP contribution in [0.1, 0.15) is 46.7 Å². The van der Waals surface area contributed by atoms with E-state index in [1.165, 1.54) is 24.8 Å². The standard InChI is InChI=1S/C19H18O/c20-19(14-5-2-1-3-6-14)15-11-9-13(10-12-15)18-16-7-4-8-17(16)18/h1-3,5-6,9-12,16-18H,4,7-8H2/t16-,17+,18?. The second kappa shape index (κ2) is 4.59. The average Bonchev–Trinajstić information content (AvgIpc) is 2.99. The first kappa shape index (κ1) is 11.9. The Kier molecular flexibility index (Phi) is 2.73. The van der Waals surface area contributed by atoms with E-state index >= 15 is 0 Å². The number of hydrogen-bond donors (Lipinski definition) is 0. The van der Waals surface area contributed by atoms with Crippen LogP contribution in [0.15, 0.2) is 54.6 Å². The first-order valence-electron chi connectivity index (χ1n) is 7.54. The second-order valence-electron chi connectivity index (χ2n) is 6.10. The molecule has 0 radical (unpaired) electrons. The summed E-state index contributed by atoms with van der Waals surface area (Å²) in [6.45, 7) is 0. The van der Waals surface area contributed by atoms with Gasteiger partial charge < -0.3 is 0 Å². The van der Waals surface area contributed by atoms with Crippen LogP contribution in [-0.2, 0) is 0 Å². The SMILES string of the molecule is O=C(c1ccccc1)c1ccc(C2[C@H]3CCC[C@@H]23)cc1. The Morgan fingerprint density at radius 2 is 1.40 bits per heavy atom. The van der Waals surface area contributed by atoms with Crippen molar-refractivity contribution in [3.63, 3.8) is 0 Å². The highest BCUT2D eigenvalue weighted by Crippen LogP contribution is 2.63. The number of rotatable bonds is 3. The first-order valence-corrected chi connectivity index (χ1v) is 7.54. The van der Waals surface area contributed by atoms with Crippen LogP contribution in [0.4, 0.5) is 0 Å². The van der Waals surface area contributed by atoms with Gasteiger partial charge in [-0.1, -0.05) is 61.0 Å². The summed E-state index contributed by atoms with van der Waals surface area (Å²) in [5.41, 5.74) is 3.00. The van der Waals surface area contributed by atoms with Gasteiger partial charge >= 0.3 is 0 Å². The maximum atomic E-state index is 12.3. The molecule has 4 rings (SSSR count). The van der Waals surface area contributed by atoms with E-state index in [0.29, 0.717) is 0 Å². The fourth-order valence-electron chi connectivity index (χ4n) is 3.93. The van der Waals surface area contributed by atoms with Gasteiger partial charge in [0.1, 0.15) is 0 Å². The molecular formula is C19H18O. The summed E-state index contributed by atoms with van der Waals surface area (Å²) in [5, 5.41) is 0. The normalized spacial score (nSPS) is 27.1. The Balaban J connectivity index is 1.55. The highest BCUT2D eigenvalue weighted by atomic mass is 16.1. The topological polar surface area (TPSA) is 17.1 Å². The van der Waals surface area contributed by atoms with Gasteiger partial charge in [0.2, 0.25) is 0 Å². The van der Waals surface area contributed by atoms with E-state index in [9.17, 15) is 4.79 Å². The van der Waals surface area contributed by atoms with Crippen LogP contribution in [0.2, 0.25) is 0 Å². The van der Waals surface area contributed by atoms with Crippen molar-refractivity contribution in [1.82, 2.24) is 0 Å². The van der Waals surface area contributed by atoms with E-state index in [2.05, 4.69) is 12.1 Å². The van der Waals surface area contributed by atoms with Crippen molar-refractivity contribution in [3.8, 4) is 0 Å². The summed E-state index contributed by atoms with van der Waals surface area (Å²) in [6, 6.07) is 17.8. The van der Waals surface area contributed by atoms with Crippen molar-refractivity contribution in [2.75, 3.05) is 0 Å². The highest BCUT2D eigenvalue weighted by Gasteiger charge is 2.52. The molecule has 0 amide bonds. The predicted octanol–water partition coefficient (Wildman–Crippen LogP) is 4.43. The van der Waals surface area contributed by atoms with Gasteiger partial charge in [-0.3, -0.25) is 4.79 Å². The lowest BCUT2D eigenvalue weighted by molar-refractivity contribution is 0.103. The number of carbonyl (C=O) groups is 1. The molecule has 2 aromatic carbocycles. The molecule has 100 valence electrons. The third-order valence-electron chi connectivity index (χ3n) is 5.00. The van der Waals surface area contributed by atoms with Crippen LogP contribution < -0.4 is 0 Å². The van der Waals surface area contributed by atoms with E-state index in [1.54, 1.807) is 0 Å². The fraction of sp³-hybridized carbons (Fsp3) is 0.316. The van der Waals surface area contributed by atoms with Gasteiger partial charge in [0, 0.05) is 11.1 Å². The molecule has 2 fully saturated rings. The Morgan fingerprint density at radius 3 is 2.05 bits per heavy atom. The quantitative estimate of drug-likeness (QED) is 0.748. The van der Waals surface area contributed by atoms with Crippen molar-refractivity contribution in [3.05, 3.63) is 71.3 Å². The predicted molar refractivity (Wildman–Crippen MR) is 79.9 cm³/mol. The Hall–Kier alpha value is -1.89. The minimum Gasteiger partial charge on any atom is -0.289 e. The van der Waals surface area contributed by atoms with Crippen molar-refractivity contribution >= 4 is 5.78 Å². The van der Waals surface area contributed by atoms with Crippen LogP contribution in [-0.4, -0.2) is 5.78 Å². The third kappa shape index (κ3) is 1.89. The lowest BCUT2D eigenvalue weighted by atomic mass is 9.98. The summed E-state index contributed by atoms with van der Waals surface area (Å²) < 4.78 is 0. The summed E-state index contributed by atoms with van der Waals surface area (Å²) in [4.78, 5) is 12.3. The smallest absolute Gasteiger partial charge is 0.193 e. The van der Waals surface area contributed by atoms with E-state index in [1.807, 2.05) is 42.5 Å². The molecule has 2 aliphatic carbocycles. The summed E-state index contributed by atoms with van der Waals surface area (Å²) >= 11 is 0. The number of ketones is 1. The molecule has 0 saturated heterocycles. The van der Waals surface area contributed by atoms with Crippen LogP contribution in [0, 0.1) is 11.8 Å². The first-order chi connectivity index (χ1) is 9.84. The summed E-state index contributed by atoms with van der Waals surface area (Å²) in [5.74, 6) is 2.77. The van der Waals surface area contributed by atoms with Crippen LogP contribution in [0.25, 0.3) is 0 Å². The van der Waals surface area contributed by atoms with Crippen molar-refractivity contribution in [1.29, 1.82) is 0 Å². The molecular weight excluding hydrogens is 244 g/mol. The Bertz CT molecular complexity index is 617. The van der Waals surface area contributed by atoms with Crippen LogP contribution in [0.5, 0.6) is 0 Å². The van der Waals surface area contributed by atoms with Gasteiger partial charge in [0.15, 0.2) is 5.78 Å². The zero-order valence-corrected chi connectivity index (χ0v) is 11.5. The zero-order chi connectivity index (χ0) is 13.5. The van der Waals surface area contributed by atoms with Crippen molar-refractivity contribution in [2.45, 2.75) is 25.2 Å². The van der Waals surface area contributed by atoms with E-state index < -0.39 is 0 Å². The number of hydrogen-bond acceptors (Lipinski definition) is 1. The van der Waals surface area contributed by atoms with Crippen LogP contribution >= 0.6 is 0 Å². The molecule has 1 heteroatoms. The Morgan fingerprint density at radius 1 is 0.800 bits per heavy atom. The molecule has 0 bridgehead atoms. The van der Waals surface area contributed by atoms with Gasteiger partial charge in [-0.05, 0) is 36.2 Å². The van der Waals surface area contributed by atoms with E-state index in [0.717, 1.165) is 28.9 Å². The number of carbonyl (C=O) groups excluding carboxylic acids is 1. The van der Waals surface area contributed by atoms with Crippen molar-refractivity contribution in [2.24, 2.45) is 11.8 Å². The minimum atomic E-state index is 0.119. The van der Waals surface area contributed by atoms with E-state index in [4.69, 9.17) is 0 Å². The molecule has 0 aromatic heterocycles. The van der Waals surface area contributed by atoms with Gasteiger partial charge in [-0.15, -0.1) is 0 Å². The van der Waals surface area contributed by atoms with Gasteiger partial charge in [0.25, 0.3) is 0 Å². The second-order valence-corrected chi connectivity index (χ2v) is 6.10. The number of benzene rings is 2. The summed E-state index contributed by atoms with van der Waals surface area (Å²) in [6.07, 6.45) is 4.22. The van der Waals surface area contributed by atoms with E-state index in [-0.39, 0.29) is 5.78 Å². The monoisotopic (exact) mass is 262 g/mol. The highest BCUT2D eigenvalue weighted by molar-refractivity contribution is 6.08. The molecule has 3 atom stereocenters. The lowest BCUT2D eigenvalue weighted by Crippen LogP contribution is -2.01. The van der Waals surface area contributed by atoms with Gasteiger partial charge in [0.05, 0.1) is 0 Å². The Labute approximate surface area is 119 Å². The van der Waals surface area contributed by atoms with Gasteiger partial charge in [-0.2, -0.15) is 0 Å². The molecule has 1 nitrogen and oxygen atoms in total. The average molecular weight is 262 g/mol. The maximum Gasteiger partial charge on any atom is 0.193 e. The zero-order valence-electron chi connectivity index (χ0n) is 11.5. The largest absolute Gasteiger partial charge is 0.289 e. The molecule has 0 aliphatic heterocycles. The summed E-state index contributed by atoms with van der Waals surface area (Å²) in [7, 11) is 0. The molecule has 2 saturated carbocycles. The maximum absolute atomic E-state index is 12.3. The van der Waals surface area contributed by atoms with Crippen molar-refractivity contribution < 1.29 is 4.79 Å².